The molecule has 3 rings (SSSR count). The van der Waals surface area contributed by atoms with Crippen molar-refractivity contribution in [2.45, 2.75) is 25.6 Å². The van der Waals surface area contributed by atoms with Gasteiger partial charge in [-0.2, -0.15) is 13.2 Å². The second-order valence-electron chi connectivity index (χ2n) is 7.45. The van der Waals surface area contributed by atoms with Gasteiger partial charge in [-0.3, -0.25) is 9.10 Å². The highest BCUT2D eigenvalue weighted by molar-refractivity contribution is 7.92. The van der Waals surface area contributed by atoms with Crippen LogP contribution in [0.25, 0.3) is 10.8 Å². The average molecular weight is 465 g/mol. The third kappa shape index (κ3) is 6.23. The van der Waals surface area contributed by atoms with Crippen molar-refractivity contribution >= 4 is 32.4 Å². The summed E-state index contributed by atoms with van der Waals surface area (Å²) in [4.78, 5) is 12.2. The summed E-state index contributed by atoms with van der Waals surface area (Å²) in [6, 6.07) is 17.9. The molecule has 0 aromatic heterocycles. The Hall–Kier alpha value is -3.07. The summed E-state index contributed by atoms with van der Waals surface area (Å²) in [6.07, 6.45) is -3.46. The van der Waals surface area contributed by atoms with E-state index in [1.807, 2.05) is 42.5 Å². The molecule has 0 spiro atoms. The first-order valence-electron chi connectivity index (χ1n) is 9.93. The van der Waals surface area contributed by atoms with E-state index in [1.54, 1.807) is 0 Å². The predicted molar refractivity (Wildman–Crippen MR) is 119 cm³/mol. The number of carbonyl (C=O) groups is 1. The first kappa shape index (κ1) is 23.6. The van der Waals surface area contributed by atoms with E-state index in [-0.39, 0.29) is 31.0 Å². The maximum Gasteiger partial charge on any atom is 0.416 e. The standard InChI is InChI=1S/C23H23F3N2O3S/c1-32(30,31)28(21-9-4-8-20(15-21)23(24,25)26)13-5-10-22(29)27-16-17-11-12-18-6-2-3-7-19(18)14-17/h2-4,6-9,11-12,14-15H,5,10,13,16H2,1H3,(H,27,29). The number of benzene rings is 3. The molecule has 0 bridgehead atoms. The summed E-state index contributed by atoms with van der Waals surface area (Å²) in [5.41, 5.74) is -0.0885. The van der Waals surface area contributed by atoms with Gasteiger partial charge < -0.3 is 5.32 Å². The van der Waals surface area contributed by atoms with Gasteiger partial charge in [0.25, 0.3) is 0 Å². The minimum absolute atomic E-state index is 0.0402. The number of sulfonamides is 1. The molecular formula is C23H23F3N2O3S. The van der Waals surface area contributed by atoms with Gasteiger partial charge >= 0.3 is 6.18 Å². The third-order valence-electron chi connectivity index (χ3n) is 4.93. The topological polar surface area (TPSA) is 66.5 Å². The van der Waals surface area contributed by atoms with Crippen LogP contribution in [0.3, 0.4) is 0 Å². The lowest BCUT2D eigenvalue weighted by molar-refractivity contribution is -0.137. The SMILES string of the molecule is CS(=O)(=O)N(CCCC(=O)NCc1ccc2ccccc2c1)c1cccc(C(F)(F)F)c1. The lowest BCUT2D eigenvalue weighted by Gasteiger charge is -2.23. The van der Waals surface area contributed by atoms with E-state index in [0.29, 0.717) is 6.54 Å². The molecule has 32 heavy (non-hydrogen) atoms. The van der Waals surface area contributed by atoms with E-state index in [9.17, 15) is 26.4 Å². The van der Waals surface area contributed by atoms with Crippen LogP contribution in [0.15, 0.2) is 66.7 Å². The zero-order valence-electron chi connectivity index (χ0n) is 17.4. The molecule has 1 amide bonds. The Kier molecular flexibility index (Phi) is 7.08. The molecule has 3 aromatic carbocycles. The molecule has 0 aliphatic carbocycles. The van der Waals surface area contributed by atoms with Gasteiger partial charge in [0.15, 0.2) is 0 Å². The second kappa shape index (κ2) is 9.60. The fourth-order valence-electron chi connectivity index (χ4n) is 3.34. The van der Waals surface area contributed by atoms with Crippen LogP contribution in [-0.2, 0) is 27.5 Å². The van der Waals surface area contributed by atoms with E-state index < -0.39 is 21.8 Å². The zero-order chi connectivity index (χ0) is 23.4. The van der Waals surface area contributed by atoms with Gasteiger partial charge in [-0.05, 0) is 47.0 Å². The number of rotatable bonds is 8. The fourth-order valence-corrected chi connectivity index (χ4v) is 4.30. The van der Waals surface area contributed by atoms with Crippen molar-refractivity contribution in [1.29, 1.82) is 0 Å². The van der Waals surface area contributed by atoms with Gasteiger partial charge in [0.1, 0.15) is 0 Å². The van der Waals surface area contributed by atoms with Gasteiger partial charge in [-0.1, -0.05) is 42.5 Å². The number of nitrogens with one attached hydrogen (secondary N) is 1. The molecule has 0 saturated heterocycles. The minimum Gasteiger partial charge on any atom is -0.352 e. The Bertz CT molecular complexity index is 1210. The highest BCUT2D eigenvalue weighted by Crippen LogP contribution is 2.32. The predicted octanol–water partition coefficient (Wildman–Crippen LogP) is 4.72. The number of amides is 1. The molecular weight excluding hydrogens is 441 g/mol. The molecule has 170 valence electrons. The first-order chi connectivity index (χ1) is 15.0. The second-order valence-corrected chi connectivity index (χ2v) is 9.35. The van der Waals surface area contributed by atoms with Crippen molar-refractivity contribution in [2.75, 3.05) is 17.1 Å². The number of hydrogen-bond donors (Lipinski definition) is 1. The number of nitrogens with zero attached hydrogens (tertiary/aromatic N) is 1. The van der Waals surface area contributed by atoms with Crippen LogP contribution >= 0.6 is 0 Å². The Morgan fingerprint density at radius 1 is 0.969 bits per heavy atom. The number of fused-ring (bicyclic) bond motifs is 1. The van der Waals surface area contributed by atoms with Crippen molar-refractivity contribution < 1.29 is 26.4 Å². The van der Waals surface area contributed by atoms with Gasteiger partial charge in [-0.15, -0.1) is 0 Å². The molecule has 5 nitrogen and oxygen atoms in total. The van der Waals surface area contributed by atoms with E-state index in [1.165, 1.54) is 6.07 Å². The normalized spacial score (nSPS) is 12.0. The summed E-state index contributed by atoms with van der Waals surface area (Å²) < 4.78 is 64.1. The van der Waals surface area contributed by atoms with Crippen LogP contribution < -0.4 is 9.62 Å². The molecule has 0 saturated carbocycles. The molecule has 0 aliphatic heterocycles. The van der Waals surface area contributed by atoms with Crippen LogP contribution in [0, 0.1) is 0 Å². The Labute approximate surface area is 184 Å². The van der Waals surface area contributed by atoms with Crippen molar-refractivity contribution in [2.24, 2.45) is 0 Å². The summed E-state index contributed by atoms with van der Waals surface area (Å²) in [5, 5.41) is 4.94. The summed E-state index contributed by atoms with van der Waals surface area (Å²) in [6.45, 7) is 0.219. The maximum absolute atomic E-state index is 13.0. The largest absolute Gasteiger partial charge is 0.416 e. The number of carbonyl (C=O) groups excluding carboxylic acids is 1. The van der Waals surface area contributed by atoms with E-state index in [0.717, 1.165) is 45.1 Å². The molecule has 0 heterocycles. The number of anilines is 1. The van der Waals surface area contributed by atoms with Crippen LogP contribution in [0.2, 0.25) is 0 Å². The van der Waals surface area contributed by atoms with Crippen molar-refractivity contribution in [3.05, 3.63) is 77.9 Å². The fraction of sp³-hybridized carbons (Fsp3) is 0.261. The Morgan fingerprint density at radius 2 is 1.69 bits per heavy atom. The Balaban J connectivity index is 1.58. The summed E-state index contributed by atoms with van der Waals surface area (Å²) in [5.74, 6) is -0.268. The number of hydrogen-bond acceptors (Lipinski definition) is 3. The molecule has 9 heteroatoms. The highest BCUT2D eigenvalue weighted by Gasteiger charge is 2.31. The molecule has 1 N–H and O–H groups in total. The van der Waals surface area contributed by atoms with Gasteiger partial charge in [0, 0.05) is 19.5 Å². The van der Waals surface area contributed by atoms with Gasteiger partial charge in [0.05, 0.1) is 17.5 Å². The van der Waals surface area contributed by atoms with Crippen molar-refractivity contribution in [3.63, 3.8) is 0 Å². The first-order valence-corrected chi connectivity index (χ1v) is 11.8. The lowest BCUT2D eigenvalue weighted by Crippen LogP contribution is -2.32. The average Bonchev–Trinajstić information content (AvgIpc) is 2.73. The Morgan fingerprint density at radius 3 is 2.38 bits per heavy atom. The number of alkyl halides is 3. The summed E-state index contributed by atoms with van der Waals surface area (Å²) >= 11 is 0. The van der Waals surface area contributed by atoms with Crippen LogP contribution in [0.1, 0.15) is 24.0 Å². The highest BCUT2D eigenvalue weighted by atomic mass is 32.2. The van der Waals surface area contributed by atoms with Crippen molar-refractivity contribution in [1.82, 2.24) is 5.32 Å². The van der Waals surface area contributed by atoms with Crippen molar-refractivity contribution in [3.8, 4) is 0 Å². The number of halogens is 3. The van der Waals surface area contributed by atoms with Crippen LogP contribution in [-0.4, -0.2) is 27.1 Å². The molecule has 3 aromatic rings. The quantitative estimate of drug-likeness (QED) is 0.525. The van der Waals surface area contributed by atoms with E-state index >= 15 is 0 Å². The molecule has 0 radical (unpaired) electrons. The van der Waals surface area contributed by atoms with E-state index in [2.05, 4.69) is 5.32 Å². The monoisotopic (exact) mass is 464 g/mol. The molecule has 0 aliphatic rings. The smallest absolute Gasteiger partial charge is 0.352 e. The third-order valence-corrected chi connectivity index (χ3v) is 6.12. The summed E-state index contributed by atoms with van der Waals surface area (Å²) in [7, 11) is -3.82. The molecule has 0 unspecified atom stereocenters. The van der Waals surface area contributed by atoms with Crippen LogP contribution in [0.4, 0.5) is 18.9 Å². The molecule has 0 fully saturated rings. The van der Waals surface area contributed by atoms with Crippen LogP contribution in [0.5, 0.6) is 0 Å². The van der Waals surface area contributed by atoms with Gasteiger partial charge in [0.2, 0.25) is 15.9 Å². The molecule has 0 atom stereocenters. The zero-order valence-corrected chi connectivity index (χ0v) is 18.2. The minimum atomic E-state index is -4.58. The van der Waals surface area contributed by atoms with E-state index in [4.69, 9.17) is 0 Å². The lowest BCUT2D eigenvalue weighted by atomic mass is 10.1. The maximum atomic E-state index is 13.0. The van der Waals surface area contributed by atoms with Gasteiger partial charge in [-0.25, -0.2) is 8.42 Å².